The summed E-state index contributed by atoms with van der Waals surface area (Å²) in [5.41, 5.74) is 1.07. The molecule has 1 aromatic carbocycles. The lowest BCUT2D eigenvalue weighted by Gasteiger charge is -2.36. The van der Waals surface area contributed by atoms with E-state index < -0.39 is 5.60 Å². The van der Waals surface area contributed by atoms with Crippen molar-refractivity contribution in [3.05, 3.63) is 28.2 Å². The maximum absolute atomic E-state index is 11.7. The molecule has 1 saturated carbocycles. The third-order valence-corrected chi connectivity index (χ3v) is 3.79. The predicted molar refractivity (Wildman–Crippen MR) is 74.7 cm³/mol. The van der Waals surface area contributed by atoms with E-state index >= 15 is 0 Å². The summed E-state index contributed by atoms with van der Waals surface area (Å²) in [6.07, 6.45) is 2.57. The van der Waals surface area contributed by atoms with E-state index in [9.17, 15) is 9.90 Å². The highest BCUT2D eigenvalue weighted by Gasteiger charge is 2.34. The lowest BCUT2D eigenvalue weighted by Crippen LogP contribution is -2.48. The van der Waals surface area contributed by atoms with Gasteiger partial charge in [0.05, 0.1) is 5.60 Å². The first-order valence-corrected chi connectivity index (χ1v) is 6.81. The number of hydrogen-bond donors (Lipinski definition) is 3. The first-order chi connectivity index (χ1) is 8.48. The van der Waals surface area contributed by atoms with Crippen LogP contribution in [0, 0.1) is 6.92 Å². The molecule has 0 bridgehead atoms. The van der Waals surface area contributed by atoms with Gasteiger partial charge in [0.15, 0.2) is 0 Å². The largest absolute Gasteiger partial charge is 0.388 e. The standard InChI is InChI=1S/C13H17BrN2O2/c1-9-7-10(14)3-4-11(9)16-12(17)15-8-13(18)5-2-6-13/h3-4,7,18H,2,5-6,8H2,1H3,(H2,15,16,17). The Balaban J connectivity index is 1.87. The van der Waals surface area contributed by atoms with Crippen LogP contribution in [0.4, 0.5) is 10.5 Å². The number of carbonyl (C=O) groups is 1. The SMILES string of the molecule is Cc1cc(Br)ccc1NC(=O)NCC1(O)CCC1. The van der Waals surface area contributed by atoms with E-state index in [4.69, 9.17) is 0 Å². The number of aliphatic hydroxyl groups is 1. The minimum Gasteiger partial charge on any atom is -0.388 e. The van der Waals surface area contributed by atoms with Gasteiger partial charge in [-0.05, 0) is 49.9 Å². The number of nitrogens with one attached hydrogen (secondary N) is 2. The second-order valence-corrected chi connectivity index (χ2v) is 5.76. The van der Waals surface area contributed by atoms with E-state index in [2.05, 4.69) is 26.6 Å². The van der Waals surface area contributed by atoms with Gasteiger partial charge in [-0.3, -0.25) is 0 Å². The number of halogens is 1. The average Bonchev–Trinajstić information content (AvgIpc) is 2.28. The molecule has 1 aromatic rings. The maximum atomic E-state index is 11.7. The fraction of sp³-hybridized carbons (Fsp3) is 0.462. The smallest absolute Gasteiger partial charge is 0.319 e. The van der Waals surface area contributed by atoms with Crippen molar-refractivity contribution in [2.45, 2.75) is 31.8 Å². The monoisotopic (exact) mass is 312 g/mol. The Hall–Kier alpha value is -1.07. The second kappa shape index (κ2) is 5.28. The van der Waals surface area contributed by atoms with Crippen molar-refractivity contribution in [3.8, 4) is 0 Å². The van der Waals surface area contributed by atoms with E-state index in [0.29, 0.717) is 6.54 Å². The summed E-state index contributed by atoms with van der Waals surface area (Å²) in [7, 11) is 0. The predicted octanol–water partition coefficient (Wildman–Crippen LogP) is 2.79. The Morgan fingerprint density at radius 2 is 2.22 bits per heavy atom. The van der Waals surface area contributed by atoms with Crippen molar-refractivity contribution in [2.24, 2.45) is 0 Å². The highest BCUT2D eigenvalue weighted by molar-refractivity contribution is 9.10. The molecule has 0 aromatic heterocycles. The van der Waals surface area contributed by atoms with Crippen molar-refractivity contribution in [2.75, 3.05) is 11.9 Å². The van der Waals surface area contributed by atoms with Gasteiger partial charge in [0.2, 0.25) is 0 Å². The first-order valence-electron chi connectivity index (χ1n) is 6.02. The Bertz CT molecular complexity index is 458. The van der Waals surface area contributed by atoms with Gasteiger partial charge in [-0.15, -0.1) is 0 Å². The Morgan fingerprint density at radius 3 is 2.78 bits per heavy atom. The van der Waals surface area contributed by atoms with Crippen LogP contribution >= 0.6 is 15.9 Å². The number of anilines is 1. The zero-order valence-corrected chi connectivity index (χ0v) is 11.9. The van der Waals surface area contributed by atoms with Crippen LogP contribution in [-0.4, -0.2) is 23.3 Å². The first kappa shape index (κ1) is 13.4. The van der Waals surface area contributed by atoms with E-state index in [1.165, 1.54) is 0 Å². The van der Waals surface area contributed by atoms with Crippen LogP contribution in [0.2, 0.25) is 0 Å². The van der Waals surface area contributed by atoms with Gasteiger partial charge in [0.1, 0.15) is 0 Å². The van der Waals surface area contributed by atoms with Crippen LogP contribution < -0.4 is 10.6 Å². The van der Waals surface area contributed by atoms with Crippen molar-refractivity contribution >= 4 is 27.6 Å². The number of carbonyl (C=O) groups excluding carboxylic acids is 1. The van der Waals surface area contributed by atoms with Gasteiger partial charge < -0.3 is 15.7 Å². The molecule has 0 unspecified atom stereocenters. The minimum atomic E-state index is -0.688. The molecule has 1 aliphatic rings. The number of benzene rings is 1. The van der Waals surface area contributed by atoms with E-state index in [-0.39, 0.29) is 6.03 Å². The van der Waals surface area contributed by atoms with Crippen molar-refractivity contribution < 1.29 is 9.90 Å². The normalized spacial score (nSPS) is 16.8. The molecular weight excluding hydrogens is 296 g/mol. The Morgan fingerprint density at radius 1 is 1.50 bits per heavy atom. The highest BCUT2D eigenvalue weighted by Crippen LogP contribution is 2.30. The zero-order valence-electron chi connectivity index (χ0n) is 10.3. The Labute approximate surface area is 115 Å². The molecule has 5 heteroatoms. The van der Waals surface area contributed by atoms with Gasteiger partial charge in [0.25, 0.3) is 0 Å². The Kier molecular flexibility index (Phi) is 3.92. The molecule has 0 saturated heterocycles. The summed E-state index contributed by atoms with van der Waals surface area (Å²) >= 11 is 3.37. The lowest BCUT2D eigenvalue weighted by atomic mass is 9.80. The summed E-state index contributed by atoms with van der Waals surface area (Å²) in [6.45, 7) is 2.24. The molecule has 0 spiro atoms. The van der Waals surface area contributed by atoms with Crippen molar-refractivity contribution in [1.29, 1.82) is 0 Å². The summed E-state index contributed by atoms with van der Waals surface area (Å²) < 4.78 is 0.981. The number of hydrogen-bond acceptors (Lipinski definition) is 2. The van der Waals surface area contributed by atoms with Crippen LogP contribution in [0.1, 0.15) is 24.8 Å². The van der Waals surface area contributed by atoms with Crippen LogP contribution in [0.3, 0.4) is 0 Å². The average molecular weight is 313 g/mol. The molecule has 0 atom stereocenters. The summed E-state index contributed by atoms with van der Waals surface area (Å²) in [5, 5.41) is 15.3. The molecule has 0 radical (unpaired) electrons. The molecule has 18 heavy (non-hydrogen) atoms. The molecule has 0 heterocycles. The number of aryl methyl sites for hydroxylation is 1. The van der Waals surface area contributed by atoms with Gasteiger partial charge in [0, 0.05) is 16.7 Å². The molecule has 2 amide bonds. The van der Waals surface area contributed by atoms with E-state index in [0.717, 1.165) is 35.0 Å². The van der Waals surface area contributed by atoms with Crippen molar-refractivity contribution in [1.82, 2.24) is 5.32 Å². The van der Waals surface area contributed by atoms with E-state index in [1.54, 1.807) is 0 Å². The summed E-state index contributed by atoms with van der Waals surface area (Å²) in [6, 6.07) is 5.38. The van der Waals surface area contributed by atoms with E-state index in [1.807, 2.05) is 25.1 Å². The van der Waals surface area contributed by atoms with Crippen LogP contribution in [0.25, 0.3) is 0 Å². The third-order valence-electron chi connectivity index (χ3n) is 3.30. The quantitative estimate of drug-likeness (QED) is 0.803. The van der Waals surface area contributed by atoms with Crippen molar-refractivity contribution in [3.63, 3.8) is 0 Å². The highest BCUT2D eigenvalue weighted by atomic mass is 79.9. The van der Waals surface area contributed by atoms with Gasteiger partial charge in [-0.25, -0.2) is 4.79 Å². The molecule has 98 valence electrons. The third kappa shape index (κ3) is 3.23. The minimum absolute atomic E-state index is 0.277. The molecule has 2 rings (SSSR count). The topological polar surface area (TPSA) is 61.4 Å². The number of amides is 2. The number of rotatable bonds is 3. The summed E-state index contributed by atoms with van der Waals surface area (Å²) in [5.74, 6) is 0. The van der Waals surface area contributed by atoms with Crippen LogP contribution in [0.15, 0.2) is 22.7 Å². The van der Waals surface area contributed by atoms with Crippen LogP contribution in [0.5, 0.6) is 0 Å². The number of urea groups is 1. The second-order valence-electron chi connectivity index (χ2n) is 4.84. The van der Waals surface area contributed by atoms with Crippen LogP contribution in [-0.2, 0) is 0 Å². The molecule has 4 nitrogen and oxygen atoms in total. The van der Waals surface area contributed by atoms with Gasteiger partial charge >= 0.3 is 6.03 Å². The fourth-order valence-corrected chi connectivity index (χ4v) is 2.42. The molecule has 1 fully saturated rings. The molecule has 0 aliphatic heterocycles. The molecule has 3 N–H and O–H groups in total. The molecular formula is C13H17BrN2O2. The van der Waals surface area contributed by atoms with Gasteiger partial charge in [-0.2, -0.15) is 0 Å². The lowest BCUT2D eigenvalue weighted by molar-refractivity contribution is -0.0287. The maximum Gasteiger partial charge on any atom is 0.319 e. The van der Waals surface area contributed by atoms with Gasteiger partial charge in [-0.1, -0.05) is 15.9 Å². The molecule has 1 aliphatic carbocycles. The zero-order chi connectivity index (χ0) is 13.2. The summed E-state index contributed by atoms with van der Waals surface area (Å²) in [4.78, 5) is 11.7. The fourth-order valence-electron chi connectivity index (χ4n) is 1.94.